The Morgan fingerprint density at radius 1 is 1.25 bits per heavy atom. The zero-order valence-electron chi connectivity index (χ0n) is 14.4. The van der Waals surface area contributed by atoms with E-state index in [1.807, 2.05) is 33.8 Å². The van der Waals surface area contributed by atoms with E-state index in [2.05, 4.69) is 15.2 Å². The molecule has 2 aromatic rings. The van der Waals surface area contributed by atoms with Gasteiger partial charge in [0.15, 0.2) is 5.82 Å². The minimum Gasteiger partial charge on any atom is -0.358 e. The Bertz CT molecular complexity index is 864. The molecule has 2 heterocycles. The van der Waals surface area contributed by atoms with Crippen LogP contribution in [0.3, 0.4) is 0 Å². The molecule has 1 aliphatic heterocycles. The predicted octanol–water partition coefficient (Wildman–Crippen LogP) is 2.73. The minimum absolute atomic E-state index is 0.238. The average molecular weight is 349 g/mol. The van der Waals surface area contributed by atoms with Crippen molar-refractivity contribution in [1.82, 2.24) is 10.5 Å². The molecule has 1 aliphatic rings. The Labute approximate surface area is 142 Å². The lowest BCUT2D eigenvalue weighted by Gasteiger charge is -2.18. The van der Waals surface area contributed by atoms with Crippen molar-refractivity contribution in [3.05, 3.63) is 40.6 Å². The second-order valence-electron chi connectivity index (χ2n) is 7.20. The van der Waals surface area contributed by atoms with Gasteiger partial charge in [-0.15, -0.1) is 0 Å². The van der Waals surface area contributed by atoms with Crippen molar-refractivity contribution in [2.24, 2.45) is 0 Å². The van der Waals surface area contributed by atoms with E-state index < -0.39 is 10.0 Å². The van der Waals surface area contributed by atoms with Crippen LogP contribution in [0.25, 0.3) is 0 Å². The van der Waals surface area contributed by atoms with Gasteiger partial charge in [-0.1, -0.05) is 32.0 Å². The summed E-state index contributed by atoms with van der Waals surface area (Å²) in [7, 11) is -3.70. The number of anilines is 1. The molecule has 2 N–H and O–H groups in total. The third kappa shape index (κ3) is 3.18. The second-order valence-corrected chi connectivity index (χ2v) is 8.88. The van der Waals surface area contributed by atoms with Crippen LogP contribution in [0.5, 0.6) is 0 Å². The van der Waals surface area contributed by atoms with Crippen LogP contribution in [-0.2, 0) is 28.4 Å². The SMILES string of the molecule is Cc1c(NS(=O)(=O)c2ccc3c(c2)CNCC3)noc1C(C)(C)C. The molecule has 0 amide bonds. The third-order valence-electron chi connectivity index (χ3n) is 4.21. The molecule has 0 spiro atoms. The van der Waals surface area contributed by atoms with Gasteiger partial charge in [-0.05, 0) is 43.1 Å². The normalized spacial score (nSPS) is 15.2. The first-order valence-electron chi connectivity index (χ1n) is 8.00. The molecule has 0 saturated carbocycles. The fourth-order valence-corrected chi connectivity index (χ4v) is 4.05. The van der Waals surface area contributed by atoms with Crippen LogP contribution in [0.1, 0.15) is 43.2 Å². The minimum atomic E-state index is -3.70. The molecular weight excluding hydrogens is 326 g/mol. The summed E-state index contributed by atoms with van der Waals surface area (Å²) in [5.74, 6) is 0.922. The van der Waals surface area contributed by atoms with E-state index in [9.17, 15) is 8.42 Å². The number of benzene rings is 1. The first kappa shape index (κ1) is 17.0. The van der Waals surface area contributed by atoms with E-state index in [1.54, 1.807) is 12.1 Å². The first-order valence-corrected chi connectivity index (χ1v) is 9.49. The summed E-state index contributed by atoms with van der Waals surface area (Å²) in [4.78, 5) is 0.240. The molecule has 3 rings (SSSR count). The van der Waals surface area contributed by atoms with Gasteiger partial charge in [0.2, 0.25) is 0 Å². The number of nitrogens with one attached hydrogen (secondary N) is 2. The zero-order chi connectivity index (χ0) is 17.5. The Hall–Kier alpha value is -1.86. The number of aromatic nitrogens is 1. The van der Waals surface area contributed by atoms with E-state index in [4.69, 9.17) is 4.52 Å². The molecule has 7 heteroatoms. The predicted molar refractivity (Wildman–Crippen MR) is 92.6 cm³/mol. The molecule has 0 unspecified atom stereocenters. The largest absolute Gasteiger partial charge is 0.358 e. The molecule has 6 nitrogen and oxygen atoms in total. The van der Waals surface area contributed by atoms with E-state index in [1.165, 1.54) is 5.56 Å². The van der Waals surface area contributed by atoms with Crippen LogP contribution < -0.4 is 10.0 Å². The van der Waals surface area contributed by atoms with Crippen LogP contribution in [-0.4, -0.2) is 20.1 Å². The van der Waals surface area contributed by atoms with Crippen LogP contribution in [0.2, 0.25) is 0 Å². The summed E-state index contributed by atoms with van der Waals surface area (Å²) in [6.45, 7) is 9.41. The van der Waals surface area contributed by atoms with Crippen LogP contribution in [0, 0.1) is 6.92 Å². The number of fused-ring (bicyclic) bond motifs is 1. The monoisotopic (exact) mass is 349 g/mol. The van der Waals surface area contributed by atoms with Crippen molar-refractivity contribution >= 4 is 15.8 Å². The van der Waals surface area contributed by atoms with Crippen molar-refractivity contribution in [2.45, 2.75) is 51.0 Å². The van der Waals surface area contributed by atoms with E-state index in [-0.39, 0.29) is 16.1 Å². The quantitative estimate of drug-likeness (QED) is 0.890. The maximum Gasteiger partial charge on any atom is 0.263 e. The lowest BCUT2D eigenvalue weighted by molar-refractivity contribution is 0.329. The Balaban J connectivity index is 1.91. The smallest absolute Gasteiger partial charge is 0.263 e. The maximum absolute atomic E-state index is 12.7. The Morgan fingerprint density at radius 2 is 2.00 bits per heavy atom. The molecule has 0 atom stereocenters. The number of hydrogen-bond acceptors (Lipinski definition) is 5. The van der Waals surface area contributed by atoms with Gasteiger partial charge in [0.1, 0.15) is 5.76 Å². The molecule has 0 saturated heterocycles. The lowest BCUT2D eigenvalue weighted by Crippen LogP contribution is -2.24. The van der Waals surface area contributed by atoms with Gasteiger partial charge < -0.3 is 9.84 Å². The molecular formula is C17H23N3O3S. The Morgan fingerprint density at radius 3 is 2.67 bits per heavy atom. The Kier molecular flexibility index (Phi) is 4.17. The van der Waals surface area contributed by atoms with Gasteiger partial charge in [0.05, 0.1) is 4.90 Å². The average Bonchev–Trinajstić information content (AvgIpc) is 2.87. The fraction of sp³-hybridized carbons (Fsp3) is 0.471. The molecule has 0 radical (unpaired) electrons. The van der Waals surface area contributed by atoms with Gasteiger partial charge in [0, 0.05) is 17.5 Å². The molecule has 130 valence electrons. The van der Waals surface area contributed by atoms with Gasteiger partial charge in [-0.3, -0.25) is 4.72 Å². The highest BCUT2D eigenvalue weighted by Gasteiger charge is 2.27. The third-order valence-corrected chi connectivity index (χ3v) is 5.55. The van der Waals surface area contributed by atoms with E-state index in [0.29, 0.717) is 17.9 Å². The molecule has 0 fully saturated rings. The summed E-state index contributed by atoms with van der Waals surface area (Å²) in [6.07, 6.45) is 0.917. The van der Waals surface area contributed by atoms with Crippen molar-refractivity contribution < 1.29 is 12.9 Å². The number of rotatable bonds is 3. The number of nitrogens with zero attached hydrogens (tertiary/aromatic N) is 1. The van der Waals surface area contributed by atoms with Crippen LogP contribution >= 0.6 is 0 Å². The maximum atomic E-state index is 12.7. The fourth-order valence-electron chi connectivity index (χ4n) is 2.94. The molecule has 24 heavy (non-hydrogen) atoms. The van der Waals surface area contributed by atoms with Crippen molar-refractivity contribution in [3.8, 4) is 0 Å². The van der Waals surface area contributed by atoms with Crippen LogP contribution in [0.4, 0.5) is 5.82 Å². The highest BCUT2D eigenvalue weighted by atomic mass is 32.2. The summed E-state index contributed by atoms with van der Waals surface area (Å²) in [6, 6.07) is 5.26. The molecule has 0 bridgehead atoms. The van der Waals surface area contributed by atoms with Gasteiger partial charge in [-0.2, -0.15) is 0 Å². The number of hydrogen-bond donors (Lipinski definition) is 2. The summed E-state index contributed by atoms with van der Waals surface area (Å²) in [5, 5.41) is 7.16. The van der Waals surface area contributed by atoms with Crippen molar-refractivity contribution in [2.75, 3.05) is 11.3 Å². The van der Waals surface area contributed by atoms with Gasteiger partial charge in [0.25, 0.3) is 10.0 Å². The molecule has 0 aliphatic carbocycles. The van der Waals surface area contributed by atoms with Gasteiger partial charge in [-0.25, -0.2) is 8.42 Å². The zero-order valence-corrected chi connectivity index (χ0v) is 15.3. The summed E-state index contributed by atoms with van der Waals surface area (Å²) >= 11 is 0. The molecule has 1 aromatic carbocycles. The summed E-state index contributed by atoms with van der Waals surface area (Å²) < 4.78 is 33.3. The number of sulfonamides is 1. The van der Waals surface area contributed by atoms with Crippen LogP contribution in [0.15, 0.2) is 27.6 Å². The lowest BCUT2D eigenvalue weighted by atomic mass is 9.91. The van der Waals surface area contributed by atoms with E-state index in [0.717, 1.165) is 18.5 Å². The highest BCUT2D eigenvalue weighted by Crippen LogP contribution is 2.31. The second kappa shape index (κ2) is 5.89. The summed E-state index contributed by atoms with van der Waals surface area (Å²) in [5.41, 5.74) is 2.69. The first-order chi connectivity index (χ1) is 11.2. The highest BCUT2D eigenvalue weighted by molar-refractivity contribution is 7.92. The standard InChI is InChI=1S/C17H23N3O3S/c1-11-15(17(2,3)4)23-19-16(11)20-24(21,22)14-6-5-12-7-8-18-10-13(12)9-14/h5-6,9,18H,7-8,10H2,1-4H3,(H,19,20). The van der Waals surface area contributed by atoms with Crippen molar-refractivity contribution in [3.63, 3.8) is 0 Å². The topological polar surface area (TPSA) is 84.2 Å². The van der Waals surface area contributed by atoms with Gasteiger partial charge >= 0.3 is 0 Å². The van der Waals surface area contributed by atoms with Crippen molar-refractivity contribution in [1.29, 1.82) is 0 Å². The molecule has 1 aromatic heterocycles. The van der Waals surface area contributed by atoms with E-state index >= 15 is 0 Å².